The number of nitriles is 1. The molecular weight excluding hydrogens is 369 g/mol. The highest BCUT2D eigenvalue weighted by atomic mass is 35.5. The number of amides is 1. The van der Waals surface area contributed by atoms with Crippen molar-refractivity contribution in [2.45, 2.75) is 11.3 Å². The molecule has 0 saturated carbocycles. The van der Waals surface area contributed by atoms with E-state index in [1.165, 1.54) is 18.2 Å². The smallest absolute Gasteiger partial charge is 0.240 e. The lowest BCUT2D eigenvalue weighted by Gasteiger charge is -2.08. The van der Waals surface area contributed by atoms with Gasteiger partial charge in [-0.1, -0.05) is 11.6 Å². The first-order chi connectivity index (χ1) is 11.8. The number of sulfonamides is 1. The molecule has 1 amide bonds. The molecule has 0 heterocycles. The van der Waals surface area contributed by atoms with Gasteiger partial charge >= 0.3 is 0 Å². The first kappa shape index (κ1) is 18.9. The highest BCUT2D eigenvalue weighted by molar-refractivity contribution is 7.89. The van der Waals surface area contributed by atoms with Gasteiger partial charge in [-0.2, -0.15) is 5.26 Å². The van der Waals surface area contributed by atoms with Crippen molar-refractivity contribution in [3.8, 4) is 6.07 Å². The fourth-order valence-corrected chi connectivity index (χ4v) is 3.16. The van der Waals surface area contributed by atoms with Crippen LogP contribution in [0.15, 0.2) is 47.4 Å². The number of carbonyl (C=O) groups excluding carboxylic acids is 1. The van der Waals surface area contributed by atoms with Gasteiger partial charge in [0.1, 0.15) is 11.9 Å². The molecule has 130 valence electrons. The van der Waals surface area contributed by atoms with Crippen molar-refractivity contribution in [2.24, 2.45) is 0 Å². The van der Waals surface area contributed by atoms with Crippen LogP contribution < -0.4 is 10.0 Å². The number of halogens is 2. The number of hydrogen-bond donors (Lipinski definition) is 2. The number of hydrogen-bond acceptors (Lipinski definition) is 4. The van der Waals surface area contributed by atoms with Gasteiger partial charge < -0.3 is 5.32 Å². The van der Waals surface area contributed by atoms with E-state index in [0.717, 1.165) is 24.3 Å². The van der Waals surface area contributed by atoms with Crippen LogP contribution in [0, 0.1) is 17.1 Å². The van der Waals surface area contributed by atoms with Gasteiger partial charge in [-0.3, -0.25) is 4.79 Å². The molecule has 0 aliphatic rings. The van der Waals surface area contributed by atoms with E-state index in [2.05, 4.69) is 10.0 Å². The van der Waals surface area contributed by atoms with Crippen molar-refractivity contribution in [2.75, 3.05) is 11.9 Å². The second-order valence-corrected chi connectivity index (χ2v) is 7.13. The van der Waals surface area contributed by atoms with E-state index >= 15 is 0 Å². The molecule has 0 aliphatic carbocycles. The number of nitrogens with zero attached hydrogens (tertiary/aromatic N) is 1. The summed E-state index contributed by atoms with van der Waals surface area (Å²) in [5.41, 5.74) is 0.683. The van der Waals surface area contributed by atoms with Gasteiger partial charge in [-0.15, -0.1) is 0 Å². The summed E-state index contributed by atoms with van der Waals surface area (Å²) < 4.78 is 39.1. The normalized spacial score (nSPS) is 10.9. The number of anilines is 1. The fraction of sp³-hybridized carbons (Fsp3) is 0.125. The van der Waals surface area contributed by atoms with E-state index in [-0.39, 0.29) is 28.4 Å². The molecule has 2 rings (SSSR count). The van der Waals surface area contributed by atoms with Crippen molar-refractivity contribution in [3.05, 3.63) is 58.9 Å². The molecule has 2 N–H and O–H groups in total. The third-order valence-electron chi connectivity index (χ3n) is 3.14. The maximum absolute atomic E-state index is 12.8. The molecule has 0 fully saturated rings. The van der Waals surface area contributed by atoms with Crippen LogP contribution in [0.1, 0.15) is 12.0 Å². The van der Waals surface area contributed by atoms with E-state index in [1.54, 1.807) is 0 Å². The summed E-state index contributed by atoms with van der Waals surface area (Å²) in [6.45, 7) is -0.129. The molecule has 0 saturated heterocycles. The molecule has 0 unspecified atom stereocenters. The summed E-state index contributed by atoms with van der Waals surface area (Å²) in [4.78, 5) is 11.8. The van der Waals surface area contributed by atoms with Crippen molar-refractivity contribution in [3.63, 3.8) is 0 Å². The third-order valence-corrected chi connectivity index (χ3v) is 4.93. The molecule has 0 aliphatic heterocycles. The van der Waals surface area contributed by atoms with Crippen LogP contribution in [0.3, 0.4) is 0 Å². The van der Waals surface area contributed by atoms with Crippen molar-refractivity contribution in [1.29, 1.82) is 5.26 Å². The summed E-state index contributed by atoms with van der Waals surface area (Å²) in [6, 6.07) is 10.7. The van der Waals surface area contributed by atoms with Gasteiger partial charge in [-0.25, -0.2) is 17.5 Å². The minimum absolute atomic E-state index is 0.0896. The summed E-state index contributed by atoms with van der Waals surface area (Å²) in [5.74, 6) is -0.970. The van der Waals surface area contributed by atoms with Crippen molar-refractivity contribution >= 4 is 33.2 Å². The van der Waals surface area contributed by atoms with Gasteiger partial charge in [0.15, 0.2) is 0 Å². The topological polar surface area (TPSA) is 99.1 Å². The van der Waals surface area contributed by atoms with Crippen LogP contribution in [0.2, 0.25) is 5.02 Å². The average molecular weight is 382 g/mol. The van der Waals surface area contributed by atoms with Crippen LogP contribution >= 0.6 is 11.6 Å². The Bertz CT molecular complexity index is 925. The fourth-order valence-electron chi connectivity index (χ4n) is 1.90. The zero-order valence-corrected chi connectivity index (χ0v) is 14.4. The lowest BCUT2D eigenvalue weighted by Crippen LogP contribution is -2.27. The predicted octanol–water partition coefficient (Wildman–Crippen LogP) is 2.66. The molecule has 0 spiro atoms. The van der Waals surface area contributed by atoms with Crippen molar-refractivity contribution in [1.82, 2.24) is 4.72 Å². The Morgan fingerprint density at radius 2 is 1.88 bits per heavy atom. The first-order valence-electron chi connectivity index (χ1n) is 7.06. The minimum atomic E-state index is -3.82. The van der Waals surface area contributed by atoms with Crippen LogP contribution in [-0.4, -0.2) is 20.9 Å². The largest absolute Gasteiger partial charge is 0.326 e. The zero-order valence-electron chi connectivity index (χ0n) is 12.8. The summed E-state index contributed by atoms with van der Waals surface area (Å²) in [5, 5.41) is 11.5. The lowest BCUT2D eigenvalue weighted by molar-refractivity contribution is -0.116. The zero-order chi connectivity index (χ0) is 18.4. The number of rotatable bonds is 6. The number of nitrogens with one attached hydrogen (secondary N) is 2. The van der Waals surface area contributed by atoms with Gasteiger partial charge in [0, 0.05) is 18.7 Å². The minimum Gasteiger partial charge on any atom is -0.326 e. The molecule has 0 bridgehead atoms. The highest BCUT2D eigenvalue weighted by Crippen LogP contribution is 2.20. The summed E-state index contributed by atoms with van der Waals surface area (Å²) >= 11 is 5.86. The Labute approximate surface area is 149 Å². The molecule has 0 radical (unpaired) electrons. The van der Waals surface area contributed by atoms with E-state index in [9.17, 15) is 17.6 Å². The van der Waals surface area contributed by atoms with E-state index < -0.39 is 21.7 Å². The number of carbonyl (C=O) groups is 1. The number of benzene rings is 2. The summed E-state index contributed by atoms with van der Waals surface area (Å²) in [6.07, 6.45) is -0.113. The Kier molecular flexibility index (Phi) is 6.09. The Morgan fingerprint density at radius 3 is 2.48 bits per heavy atom. The molecule has 0 atom stereocenters. The lowest BCUT2D eigenvalue weighted by atomic mass is 10.2. The van der Waals surface area contributed by atoms with Gasteiger partial charge in [0.05, 0.1) is 15.5 Å². The van der Waals surface area contributed by atoms with Gasteiger partial charge in [0.2, 0.25) is 15.9 Å². The van der Waals surface area contributed by atoms with Crippen LogP contribution in [-0.2, 0) is 14.8 Å². The van der Waals surface area contributed by atoms with Crippen molar-refractivity contribution < 1.29 is 17.6 Å². The molecule has 2 aromatic carbocycles. The van der Waals surface area contributed by atoms with E-state index in [4.69, 9.17) is 16.9 Å². The molecule has 25 heavy (non-hydrogen) atoms. The van der Waals surface area contributed by atoms with Gasteiger partial charge in [-0.05, 0) is 42.5 Å². The second kappa shape index (κ2) is 8.07. The molecule has 0 aromatic heterocycles. The second-order valence-electron chi connectivity index (χ2n) is 4.96. The standard InChI is InChI=1S/C16H13ClFN3O3S/c17-15-9-13(4-1-11(15)10-19)21-16(22)7-8-20-25(23,24)14-5-2-12(18)3-6-14/h1-6,9,20H,7-8H2,(H,21,22). The quantitative estimate of drug-likeness (QED) is 0.803. The third kappa shape index (κ3) is 5.26. The predicted molar refractivity (Wildman–Crippen MR) is 91.0 cm³/mol. The van der Waals surface area contributed by atoms with E-state index in [0.29, 0.717) is 5.69 Å². The van der Waals surface area contributed by atoms with Crippen LogP contribution in [0.25, 0.3) is 0 Å². The monoisotopic (exact) mass is 381 g/mol. The molecule has 9 heteroatoms. The van der Waals surface area contributed by atoms with Gasteiger partial charge in [0.25, 0.3) is 0 Å². The average Bonchev–Trinajstić information content (AvgIpc) is 2.55. The highest BCUT2D eigenvalue weighted by Gasteiger charge is 2.14. The SMILES string of the molecule is N#Cc1ccc(NC(=O)CCNS(=O)(=O)c2ccc(F)cc2)cc1Cl. The Morgan fingerprint density at radius 1 is 1.20 bits per heavy atom. The Balaban J connectivity index is 1.89. The maximum Gasteiger partial charge on any atom is 0.240 e. The molecule has 2 aromatic rings. The molecule has 6 nitrogen and oxygen atoms in total. The van der Waals surface area contributed by atoms with Crippen LogP contribution in [0.4, 0.5) is 10.1 Å². The first-order valence-corrected chi connectivity index (χ1v) is 8.92. The summed E-state index contributed by atoms with van der Waals surface area (Å²) in [7, 11) is -3.82. The molecular formula is C16H13ClFN3O3S. The maximum atomic E-state index is 12.8. The van der Waals surface area contributed by atoms with E-state index in [1.807, 2.05) is 6.07 Å². The Hall–Kier alpha value is -2.47. The van der Waals surface area contributed by atoms with Crippen LogP contribution in [0.5, 0.6) is 0 Å².